The van der Waals surface area contributed by atoms with E-state index < -0.39 is 0 Å². The van der Waals surface area contributed by atoms with Crippen molar-refractivity contribution in [1.82, 2.24) is 4.90 Å². The lowest BCUT2D eigenvalue weighted by molar-refractivity contribution is -0.121. The van der Waals surface area contributed by atoms with E-state index >= 15 is 0 Å². The number of benzene rings is 2. The van der Waals surface area contributed by atoms with Crippen LogP contribution in [-0.2, 0) is 16.0 Å². The summed E-state index contributed by atoms with van der Waals surface area (Å²) in [5.41, 5.74) is 2.47. The van der Waals surface area contributed by atoms with Crippen molar-refractivity contribution in [2.45, 2.75) is 13.3 Å². The monoisotopic (exact) mass is 397 g/mol. The molecule has 2 amide bonds. The number of nitrogens with one attached hydrogen (secondary N) is 1. The molecular weight excluding hydrogens is 370 g/mol. The summed E-state index contributed by atoms with van der Waals surface area (Å²) in [4.78, 5) is 28.2. The minimum atomic E-state index is -0.261. The minimum absolute atomic E-state index is 0.00525. The zero-order valence-corrected chi connectivity index (χ0v) is 17.1. The van der Waals surface area contributed by atoms with Gasteiger partial charge in [-0.3, -0.25) is 9.59 Å². The fraction of sp³-hybridized carbons (Fsp3) is 0.364. The molecule has 7 heteroatoms. The molecule has 1 heterocycles. The quantitative estimate of drug-likeness (QED) is 0.741. The number of hydrogen-bond donors (Lipinski definition) is 1. The maximum atomic E-state index is 12.3. The Kier molecular flexibility index (Phi) is 6.72. The van der Waals surface area contributed by atoms with Gasteiger partial charge < -0.3 is 24.6 Å². The van der Waals surface area contributed by atoms with E-state index in [2.05, 4.69) is 12.2 Å². The van der Waals surface area contributed by atoms with Gasteiger partial charge in [0.25, 0.3) is 11.8 Å². The number of aryl methyl sites for hydroxylation is 1. The van der Waals surface area contributed by atoms with Crippen LogP contribution in [0.25, 0.3) is 0 Å². The number of fused-ring (bicyclic) bond motifs is 1. The Morgan fingerprint density at radius 2 is 2.07 bits per heavy atom. The second-order valence-electron chi connectivity index (χ2n) is 7.16. The highest BCUT2D eigenvalue weighted by atomic mass is 16.5. The molecule has 0 aromatic heterocycles. The molecule has 0 fully saturated rings. The van der Waals surface area contributed by atoms with Crippen molar-refractivity contribution in [3.8, 4) is 11.5 Å². The van der Waals surface area contributed by atoms with E-state index in [1.54, 1.807) is 23.1 Å². The molecule has 29 heavy (non-hydrogen) atoms. The van der Waals surface area contributed by atoms with Gasteiger partial charge in [-0.05, 0) is 50.3 Å². The van der Waals surface area contributed by atoms with Gasteiger partial charge >= 0.3 is 0 Å². The molecule has 0 saturated carbocycles. The van der Waals surface area contributed by atoms with Gasteiger partial charge in [0.1, 0.15) is 11.5 Å². The summed E-state index contributed by atoms with van der Waals surface area (Å²) >= 11 is 0. The number of rotatable bonds is 8. The number of anilines is 2. The summed E-state index contributed by atoms with van der Waals surface area (Å²) in [5, 5.41) is 2.81. The Balaban J connectivity index is 1.61. The molecular formula is C22H27N3O4. The molecule has 3 rings (SSSR count). The summed E-state index contributed by atoms with van der Waals surface area (Å²) in [5.74, 6) is 0.920. The Hall–Kier alpha value is -3.06. The van der Waals surface area contributed by atoms with Gasteiger partial charge in [0.2, 0.25) is 0 Å². The second-order valence-corrected chi connectivity index (χ2v) is 7.16. The minimum Gasteiger partial charge on any atom is -0.484 e. The van der Waals surface area contributed by atoms with Crippen molar-refractivity contribution in [3.63, 3.8) is 0 Å². The van der Waals surface area contributed by atoms with Gasteiger partial charge in [0.05, 0.1) is 5.69 Å². The van der Waals surface area contributed by atoms with E-state index in [0.29, 0.717) is 29.4 Å². The molecule has 1 aliphatic rings. The lowest BCUT2D eigenvalue weighted by Gasteiger charge is -2.30. The fourth-order valence-corrected chi connectivity index (χ4v) is 3.03. The van der Waals surface area contributed by atoms with Gasteiger partial charge in [-0.15, -0.1) is 0 Å². The highest BCUT2D eigenvalue weighted by Gasteiger charge is 2.25. The van der Waals surface area contributed by atoms with Crippen molar-refractivity contribution >= 4 is 23.2 Å². The lowest BCUT2D eigenvalue weighted by atomic mass is 10.2. The average Bonchev–Trinajstić information content (AvgIpc) is 2.71. The maximum absolute atomic E-state index is 12.3. The zero-order valence-electron chi connectivity index (χ0n) is 17.1. The zero-order chi connectivity index (χ0) is 20.8. The van der Waals surface area contributed by atoms with E-state index in [1.807, 2.05) is 43.3 Å². The van der Waals surface area contributed by atoms with Gasteiger partial charge in [0, 0.05) is 24.8 Å². The van der Waals surface area contributed by atoms with Crippen LogP contribution >= 0.6 is 0 Å². The first kappa shape index (κ1) is 20.7. The van der Waals surface area contributed by atoms with E-state index in [-0.39, 0.29) is 25.0 Å². The first-order valence-electron chi connectivity index (χ1n) is 9.70. The van der Waals surface area contributed by atoms with Crippen molar-refractivity contribution in [2.24, 2.45) is 0 Å². The Morgan fingerprint density at radius 1 is 1.24 bits per heavy atom. The number of carbonyl (C=O) groups excluding carboxylic acids is 2. The predicted octanol–water partition coefficient (Wildman–Crippen LogP) is 2.55. The number of carbonyl (C=O) groups is 2. The molecule has 7 nitrogen and oxygen atoms in total. The molecule has 0 bridgehead atoms. The molecule has 0 saturated heterocycles. The summed E-state index contributed by atoms with van der Waals surface area (Å²) in [7, 11) is 3.93. The third-order valence-corrected chi connectivity index (χ3v) is 4.63. The highest BCUT2D eigenvalue weighted by Crippen LogP contribution is 2.34. The third-order valence-electron chi connectivity index (χ3n) is 4.63. The van der Waals surface area contributed by atoms with Crippen LogP contribution in [-0.4, -0.2) is 57.1 Å². The van der Waals surface area contributed by atoms with Crippen molar-refractivity contribution < 1.29 is 19.1 Å². The van der Waals surface area contributed by atoms with Crippen LogP contribution in [0, 0.1) is 0 Å². The number of ether oxygens (including phenoxy) is 2. The SMILES string of the molecule is CCc1cccc(OCC(=O)Nc2ccc3c(c2)OCC(=O)N3CCN(C)C)c1. The molecule has 0 unspecified atom stereocenters. The van der Waals surface area contributed by atoms with Crippen molar-refractivity contribution in [1.29, 1.82) is 0 Å². The van der Waals surface area contributed by atoms with E-state index in [1.165, 1.54) is 0 Å². The first-order chi connectivity index (χ1) is 14.0. The summed E-state index contributed by atoms with van der Waals surface area (Å²) < 4.78 is 11.1. The number of likely N-dealkylation sites (N-methyl/N-ethyl adjacent to an activating group) is 1. The smallest absolute Gasteiger partial charge is 0.265 e. The van der Waals surface area contributed by atoms with Crippen LogP contribution in [0.1, 0.15) is 12.5 Å². The van der Waals surface area contributed by atoms with Crippen LogP contribution in [0.3, 0.4) is 0 Å². The van der Waals surface area contributed by atoms with E-state index in [4.69, 9.17) is 9.47 Å². The van der Waals surface area contributed by atoms with Crippen molar-refractivity contribution in [2.75, 3.05) is 50.6 Å². The summed E-state index contributed by atoms with van der Waals surface area (Å²) in [6.07, 6.45) is 0.909. The van der Waals surface area contributed by atoms with E-state index in [9.17, 15) is 9.59 Å². The molecule has 1 N–H and O–H groups in total. The van der Waals surface area contributed by atoms with Crippen LogP contribution in [0.2, 0.25) is 0 Å². The molecule has 2 aromatic carbocycles. The molecule has 1 aliphatic heterocycles. The molecule has 2 aromatic rings. The van der Waals surface area contributed by atoms with Gasteiger partial charge in [-0.2, -0.15) is 0 Å². The molecule has 154 valence electrons. The lowest BCUT2D eigenvalue weighted by Crippen LogP contribution is -2.42. The Bertz CT molecular complexity index is 882. The van der Waals surface area contributed by atoms with Crippen molar-refractivity contribution in [3.05, 3.63) is 48.0 Å². The van der Waals surface area contributed by atoms with Crippen LogP contribution in [0.4, 0.5) is 11.4 Å². The molecule has 0 aliphatic carbocycles. The maximum Gasteiger partial charge on any atom is 0.265 e. The Labute approximate surface area is 171 Å². The summed E-state index contributed by atoms with van der Waals surface area (Å²) in [6.45, 7) is 3.31. The molecule has 0 radical (unpaired) electrons. The number of hydrogen-bond acceptors (Lipinski definition) is 5. The highest BCUT2D eigenvalue weighted by molar-refractivity contribution is 5.99. The fourth-order valence-electron chi connectivity index (χ4n) is 3.03. The summed E-state index contributed by atoms with van der Waals surface area (Å²) in [6, 6.07) is 13.0. The normalized spacial score (nSPS) is 13.1. The third kappa shape index (κ3) is 5.48. The Morgan fingerprint density at radius 3 is 2.83 bits per heavy atom. The van der Waals surface area contributed by atoms with Crippen LogP contribution < -0.4 is 19.7 Å². The van der Waals surface area contributed by atoms with Gasteiger partial charge in [-0.25, -0.2) is 0 Å². The number of amides is 2. The van der Waals surface area contributed by atoms with Gasteiger partial charge in [-0.1, -0.05) is 19.1 Å². The van der Waals surface area contributed by atoms with Crippen LogP contribution in [0.15, 0.2) is 42.5 Å². The standard InChI is InChI=1S/C22H27N3O4/c1-4-16-6-5-7-18(12-16)28-14-21(26)23-17-8-9-19-20(13-17)29-15-22(27)25(19)11-10-24(2)3/h5-9,12-13H,4,10-11,14-15H2,1-3H3,(H,23,26). The molecule has 0 spiro atoms. The largest absolute Gasteiger partial charge is 0.484 e. The predicted molar refractivity (Wildman–Crippen MR) is 113 cm³/mol. The topological polar surface area (TPSA) is 71.1 Å². The number of nitrogens with zero attached hydrogens (tertiary/aromatic N) is 2. The average molecular weight is 397 g/mol. The molecule has 0 atom stereocenters. The van der Waals surface area contributed by atoms with E-state index in [0.717, 1.165) is 18.5 Å². The van der Waals surface area contributed by atoms with Gasteiger partial charge in [0.15, 0.2) is 13.2 Å². The second kappa shape index (κ2) is 9.43. The first-order valence-corrected chi connectivity index (χ1v) is 9.70. The van der Waals surface area contributed by atoms with Crippen LogP contribution in [0.5, 0.6) is 11.5 Å².